The topological polar surface area (TPSA) is 99.5 Å². The Labute approximate surface area is 134 Å². The molecule has 0 aromatic carbocycles. The highest BCUT2D eigenvalue weighted by Crippen LogP contribution is 2.18. The summed E-state index contributed by atoms with van der Waals surface area (Å²) < 4.78 is 12.6. The van der Waals surface area contributed by atoms with Crippen molar-refractivity contribution in [2.45, 2.75) is 6.92 Å². The molecule has 0 aliphatic carbocycles. The van der Waals surface area contributed by atoms with Crippen LogP contribution in [0.5, 0.6) is 0 Å². The third-order valence-corrected chi connectivity index (χ3v) is 4.09. The van der Waals surface area contributed by atoms with Crippen LogP contribution >= 0.6 is 0 Å². The summed E-state index contributed by atoms with van der Waals surface area (Å²) in [5.41, 5.74) is 1.04. The van der Waals surface area contributed by atoms with E-state index in [1.807, 2.05) is 11.4 Å². The molecule has 23 heavy (non-hydrogen) atoms. The van der Waals surface area contributed by atoms with Gasteiger partial charge < -0.3 is 24.7 Å². The van der Waals surface area contributed by atoms with Crippen molar-refractivity contribution in [3.63, 3.8) is 0 Å². The predicted octanol–water partition coefficient (Wildman–Crippen LogP) is -0.719. The van der Waals surface area contributed by atoms with E-state index in [0.717, 1.165) is 70.1 Å². The van der Waals surface area contributed by atoms with E-state index in [9.17, 15) is 0 Å². The number of morpholine rings is 2. The summed E-state index contributed by atoms with van der Waals surface area (Å²) in [6, 6.07) is 2.07. The van der Waals surface area contributed by atoms with Gasteiger partial charge in [-0.25, -0.2) is 0 Å². The van der Waals surface area contributed by atoms with Crippen molar-refractivity contribution in [3.8, 4) is 0 Å². The van der Waals surface area contributed by atoms with Gasteiger partial charge in [-0.2, -0.15) is 14.5 Å². The highest BCUT2D eigenvalue weighted by atomic mass is 16.5. The molecule has 9 heteroatoms. The molecule has 0 saturated carbocycles. The van der Waals surface area contributed by atoms with E-state index >= 15 is 0 Å². The van der Waals surface area contributed by atoms with Gasteiger partial charge in [0.2, 0.25) is 5.95 Å². The Morgan fingerprint density at radius 2 is 1.52 bits per heavy atom. The first-order valence-electron chi connectivity index (χ1n) is 7.71. The van der Waals surface area contributed by atoms with Crippen LogP contribution in [0.2, 0.25) is 0 Å². The molecule has 0 unspecified atom stereocenters. The second-order valence-corrected chi connectivity index (χ2v) is 5.58. The summed E-state index contributed by atoms with van der Waals surface area (Å²) in [4.78, 5) is 13.7. The largest absolute Gasteiger partial charge is 0.412 e. The van der Waals surface area contributed by atoms with Crippen LogP contribution in [0.3, 0.4) is 0 Å². The molecule has 4 heterocycles. The lowest BCUT2D eigenvalue weighted by Crippen LogP contribution is -2.37. The SMILES string of the molecule is Cc1cc(N2CCOCC2)nc2nc(N3CCOCC3)nn12.O. The Morgan fingerprint density at radius 3 is 2.17 bits per heavy atom. The first kappa shape index (κ1) is 15.9. The monoisotopic (exact) mass is 322 g/mol. The van der Waals surface area contributed by atoms with E-state index in [1.54, 1.807) is 0 Å². The molecule has 2 aliphatic rings. The van der Waals surface area contributed by atoms with Crippen molar-refractivity contribution in [2.24, 2.45) is 0 Å². The number of anilines is 2. The lowest BCUT2D eigenvalue weighted by Gasteiger charge is -2.27. The first-order chi connectivity index (χ1) is 10.8. The number of ether oxygens (including phenoxy) is 2. The van der Waals surface area contributed by atoms with Gasteiger partial charge in [-0.1, -0.05) is 0 Å². The molecular formula is C14H22N6O3. The molecule has 2 saturated heterocycles. The van der Waals surface area contributed by atoms with Crippen molar-refractivity contribution in [2.75, 3.05) is 62.4 Å². The van der Waals surface area contributed by atoms with Gasteiger partial charge in [-0.15, -0.1) is 5.10 Å². The molecule has 2 aromatic rings. The smallest absolute Gasteiger partial charge is 0.256 e. The Balaban J connectivity index is 0.00000156. The fourth-order valence-electron chi connectivity index (χ4n) is 2.84. The van der Waals surface area contributed by atoms with Gasteiger partial charge in [0.25, 0.3) is 5.78 Å². The van der Waals surface area contributed by atoms with Crippen LogP contribution in [0.25, 0.3) is 5.78 Å². The number of nitrogens with zero attached hydrogens (tertiary/aromatic N) is 6. The minimum atomic E-state index is 0. The molecule has 2 N–H and O–H groups in total. The highest BCUT2D eigenvalue weighted by Gasteiger charge is 2.19. The molecule has 2 aliphatic heterocycles. The second-order valence-electron chi connectivity index (χ2n) is 5.58. The Kier molecular flexibility index (Phi) is 4.60. The lowest BCUT2D eigenvalue weighted by atomic mass is 10.3. The standard InChI is InChI=1S/C14H20N6O2.H2O/c1-11-10-12(18-2-6-21-7-3-18)15-13-16-14(17-20(11)13)19-4-8-22-9-5-19;/h10H,2-9H2,1H3;1H2. The van der Waals surface area contributed by atoms with Crippen molar-refractivity contribution >= 4 is 17.5 Å². The van der Waals surface area contributed by atoms with E-state index in [4.69, 9.17) is 9.47 Å². The molecule has 0 spiro atoms. The maximum atomic E-state index is 5.40. The van der Waals surface area contributed by atoms with Crippen molar-refractivity contribution in [1.82, 2.24) is 19.6 Å². The molecule has 0 bridgehead atoms. The number of fused-ring (bicyclic) bond motifs is 1. The minimum Gasteiger partial charge on any atom is -0.412 e. The molecular weight excluding hydrogens is 300 g/mol. The van der Waals surface area contributed by atoms with Crippen LogP contribution in [-0.4, -0.2) is 77.7 Å². The Hall–Kier alpha value is -1.97. The quantitative estimate of drug-likeness (QED) is 0.719. The van der Waals surface area contributed by atoms with Gasteiger partial charge in [0, 0.05) is 37.9 Å². The molecule has 9 nitrogen and oxygen atoms in total. The van der Waals surface area contributed by atoms with Gasteiger partial charge in [0.15, 0.2) is 0 Å². The third kappa shape index (κ3) is 3.07. The Bertz CT molecular complexity index is 664. The average molecular weight is 322 g/mol. The summed E-state index contributed by atoms with van der Waals surface area (Å²) >= 11 is 0. The first-order valence-corrected chi connectivity index (χ1v) is 7.71. The maximum absolute atomic E-state index is 5.40. The fraction of sp³-hybridized carbons (Fsp3) is 0.643. The zero-order chi connectivity index (χ0) is 14.9. The number of aromatic nitrogens is 4. The maximum Gasteiger partial charge on any atom is 0.256 e. The number of rotatable bonds is 2. The number of aryl methyl sites for hydroxylation is 1. The van der Waals surface area contributed by atoms with Crippen molar-refractivity contribution in [1.29, 1.82) is 0 Å². The summed E-state index contributed by atoms with van der Waals surface area (Å²) in [5, 5.41) is 4.59. The van der Waals surface area contributed by atoms with E-state index in [1.165, 1.54) is 0 Å². The van der Waals surface area contributed by atoms with Gasteiger partial charge in [0.05, 0.1) is 26.4 Å². The molecule has 0 amide bonds. The molecule has 0 atom stereocenters. The van der Waals surface area contributed by atoms with Gasteiger partial charge in [-0.3, -0.25) is 0 Å². The van der Waals surface area contributed by atoms with E-state index < -0.39 is 0 Å². The summed E-state index contributed by atoms with van der Waals surface area (Å²) in [6.45, 7) is 8.37. The van der Waals surface area contributed by atoms with E-state index in [2.05, 4.69) is 30.9 Å². The lowest BCUT2D eigenvalue weighted by molar-refractivity contribution is 0.122. The molecule has 2 aromatic heterocycles. The van der Waals surface area contributed by atoms with E-state index in [-0.39, 0.29) is 5.48 Å². The molecule has 4 rings (SSSR count). The highest BCUT2D eigenvalue weighted by molar-refractivity contribution is 5.49. The minimum absolute atomic E-state index is 0. The third-order valence-electron chi connectivity index (χ3n) is 4.09. The van der Waals surface area contributed by atoms with Crippen LogP contribution in [0.1, 0.15) is 5.69 Å². The van der Waals surface area contributed by atoms with Crippen molar-refractivity contribution < 1.29 is 14.9 Å². The van der Waals surface area contributed by atoms with Crippen LogP contribution in [-0.2, 0) is 9.47 Å². The summed E-state index contributed by atoms with van der Waals surface area (Å²) in [7, 11) is 0. The molecule has 2 fully saturated rings. The van der Waals surface area contributed by atoms with Crippen LogP contribution in [0.15, 0.2) is 6.07 Å². The average Bonchev–Trinajstić information content (AvgIpc) is 3.01. The summed E-state index contributed by atoms with van der Waals surface area (Å²) in [5.74, 6) is 2.34. The van der Waals surface area contributed by atoms with Crippen LogP contribution in [0, 0.1) is 6.92 Å². The zero-order valence-electron chi connectivity index (χ0n) is 13.2. The van der Waals surface area contributed by atoms with Gasteiger partial charge in [0.1, 0.15) is 5.82 Å². The van der Waals surface area contributed by atoms with Crippen LogP contribution < -0.4 is 9.80 Å². The van der Waals surface area contributed by atoms with Crippen molar-refractivity contribution in [3.05, 3.63) is 11.8 Å². The van der Waals surface area contributed by atoms with Gasteiger partial charge >= 0.3 is 0 Å². The van der Waals surface area contributed by atoms with E-state index in [0.29, 0.717) is 5.78 Å². The number of hydrogen-bond donors (Lipinski definition) is 0. The summed E-state index contributed by atoms with van der Waals surface area (Å²) in [6.07, 6.45) is 0. The normalized spacial score (nSPS) is 19.0. The Morgan fingerprint density at radius 1 is 0.913 bits per heavy atom. The predicted molar refractivity (Wildman–Crippen MR) is 85.2 cm³/mol. The molecule has 0 radical (unpaired) electrons. The van der Waals surface area contributed by atoms with Crippen LogP contribution in [0.4, 0.5) is 11.8 Å². The molecule has 126 valence electrons. The zero-order valence-corrected chi connectivity index (χ0v) is 13.2. The second kappa shape index (κ2) is 6.65. The van der Waals surface area contributed by atoms with Gasteiger partial charge in [-0.05, 0) is 6.92 Å². The number of hydrogen-bond acceptors (Lipinski definition) is 7. The fourth-order valence-corrected chi connectivity index (χ4v) is 2.84.